The third kappa shape index (κ3) is 2.82. The Kier molecular flexibility index (Phi) is 4.62. The summed E-state index contributed by atoms with van der Waals surface area (Å²) >= 11 is 0. The van der Waals surface area contributed by atoms with Gasteiger partial charge in [-0.2, -0.15) is 0 Å². The molecule has 3 heterocycles. The molecule has 4 heteroatoms. The molecule has 2 aliphatic heterocycles. The number of aliphatic hydroxyl groups is 1. The third-order valence-electron chi connectivity index (χ3n) is 11.0. The lowest BCUT2D eigenvalue weighted by molar-refractivity contribution is -0.155. The van der Waals surface area contributed by atoms with Gasteiger partial charge in [-0.1, -0.05) is 38.1 Å². The Morgan fingerprint density at radius 1 is 1.11 bits per heavy atom. The number of fused-ring (bicyclic) bond motifs is 2. The molecule has 35 heavy (non-hydrogen) atoms. The number of aliphatic hydroxyl groups excluding tert-OH is 1. The number of ether oxygens (including phenoxy) is 1. The summed E-state index contributed by atoms with van der Waals surface area (Å²) in [6.07, 6.45) is 14.9. The molecule has 8 atom stereocenters. The molecular formula is C31H38N2O2. The number of nitrogens with zero attached hydrogens (tertiary/aromatic N) is 2. The molecule has 184 valence electrons. The van der Waals surface area contributed by atoms with Crippen LogP contribution >= 0.6 is 0 Å². The molecule has 1 aromatic heterocycles. The van der Waals surface area contributed by atoms with Crippen molar-refractivity contribution < 1.29 is 9.84 Å². The number of hydrogen-bond acceptors (Lipinski definition) is 4. The second-order valence-corrected chi connectivity index (χ2v) is 12.7. The molecular weight excluding hydrogens is 432 g/mol. The second-order valence-electron chi connectivity index (χ2n) is 12.7. The van der Waals surface area contributed by atoms with Crippen LogP contribution in [0.3, 0.4) is 0 Å². The molecule has 2 saturated carbocycles. The molecule has 0 amide bonds. The van der Waals surface area contributed by atoms with Crippen LogP contribution in [0.2, 0.25) is 0 Å². The standard InChI is InChI=1S/C31H38N2O2/c1-19-26(33(3)4)17-30-12-13-31(35-30)23(16-25(30)28(19)34)9-11-29(2)24(7-8-27(29)31)21-6-5-20-10-14-32-18-22(20)15-21/h5-6,9-10,14-16,18-19,24,26-28,34H,7-8,11-13,17H2,1-4H3/t19-,24?,26?,27-,28+,29+,30-,31-/m1/s1. The smallest absolute Gasteiger partial charge is 0.0975 e. The number of hydrogen-bond donors (Lipinski definition) is 1. The van der Waals surface area contributed by atoms with E-state index in [1.165, 1.54) is 34.8 Å². The van der Waals surface area contributed by atoms with Crippen LogP contribution in [0, 0.1) is 17.3 Å². The van der Waals surface area contributed by atoms with Crippen molar-refractivity contribution in [3.8, 4) is 0 Å². The fraction of sp³-hybridized carbons (Fsp3) is 0.581. The molecule has 0 radical (unpaired) electrons. The van der Waals surface area contributed by atoms with E-state index in [2.05, 4.69) is 74.2 Å². The second kappa shape index (κ2) is 7.27. The van der Waals surface area contributed by atoms with Gasteiger partial charge >= 0.3 is 0 Å². The van der Waals surface area contributed by atoms with Crippen LogP contribution in [0.25, 0.3) is 10.8 Å². The fourth-order valence-electron chi connectivity index (χ4n) is 9.11. The van der Waals surface area contributed by atoms with E-state index in [1.807, 2.05) is 12.4 Å². The summed E-state index contributed by atoms with van der Waals surface area (Å²) < 4.78 is 7.38. The van der Waals surface area contributed by atoms with Gasteiger partial charge in [0.25, 0.3) is 0 Å². The molecule has 4 nitrogen and oxygen atoms in total. The average molecular weight is 471 g/mol. The van der Waals surface area contributed by atoms with Crippen molar-refractivity contribution in [1.82, 2.24) is 9.88 Å². The molecule has 7 rings (SSSR count). The van der Waals surface area contributed by atoms with Gasteiger partial charge in [-0.15, -0.1) is 0 Å². The highest BCUT2D eigenvalue weighted by molar-refractivity contribution is 5.82. The molecule has 2 aromatic rings. The number of aromatic nitrogens is 1. The summed E-state index contributed by atoms with van der Waals surface area (Å²) in [5.41, 5.74) is 3.66. The van der Waals surface area contributed by atoms with Gasteiger partial charge < -0.3 is 14.7 Å². The zero-order valence-corrected chi connectivity index (χ0v) is 21.5. The van der Waals surface area contributed by atoms with Gasteiger partial charge in [0.05, 0.1) is 17.3 Å². The summed E-state index contributed by atoms with van der Waals surface area (Å²) in [4.78, 5) is 6.67. The predicted octanol–water partition coefficient (Wildman–Crippen LogP) is 5.62. The first-order valence-corrected chi connectivity index (χ1v) is 13.6. The van der Waals surface area contributed by atoms with Crippen molar-refractivity contribution >= 4 is 10.8 Å². The Morgan fingerprint density at radius 2 is 1.97 bits per heavy atom. The van der Waals surface area contributed by atoms with Crippen LogP contribution < -0.4 is 0 Å². The number of pyridine rings is 1. The molecule has 1 N–H and O–H groups in total. The highest BCUT2D eigenvalue weighted by atomic mass is 16.5. The highest BCUT2D eigenvalue weighted by Crippen LogP contribution is 2.69. The monoisotopic (exact) mass is 470 g/mol. The lowest BCUT2D eigenvalue weighted by atomic mass is 9.58. The Hall–Kier alpha value is -2.01. The molecule has 1 aromatic carbocycles. The Morgan fingerprint density at radius 3 is 2.80 bits per heavy atom. The molecule has 5 aliphatic rings. The van der Waals surface area contributed by atoms with Gasteiger partial charge in [-0.05, 0) is 104 Å². The SMILES string of the molecule is C[C@@H]1C(N(C)C)C[C@@]23CC[C@@]4(O2)C(=CC[C@@]2(C)C(c5ccc6ccncc6c5)CC[C@H]24)C=C3[C@H]1O. The summed E-state index contributed by atoms with van der Waals surface area (Å²) in [6, 6.07) is 9.45. The van der Waals surface area contributed by atoms with Crippen LogP contribution in [-0.4, -0.2) is 52.4 Å². The van der Waals surface area contributed by atoms with E-state index in [-0.39, 0.29) is 22.5 Å². The van der Waals surface area contributed by atoms with Crippen molar-refractivity contribution in [2.75, 3.05) is 14.1 Å². The van der Waals surface area contributed by atoms with E-state index in [4.69, 9.17) is 4.74 Å². The third-order valence-corrected chi connectivity index (χ3v) is 11.0. The summed E-state index contributed by atoms with van der Waals surface area (Å²) in [6.45, 7) is 4.73. The topological polar surface area (TPSA) is 45.6 Å². The van der Waals surface area contributed by atoms with Gasteiger partial charge in [0.1, 0.15) is 0 Å². The van der Waals surface area contributed by atoms with Gasteiger partial charge in [-0.25, -0.2) is 0 Å². The van der Waals surface area contributed by atoms with Crippen molar-refractivity contribution in [3.63, 3.8) is 0 Å². The highest BCUT2D eigenvalue weighted by Gasteiger charge is 2.68. The normalized spacial score (nSPS) is 44.0. The van der Waals surface area contributed by atoms with E-state index in [0.29, 0.717) is 17.9 Å². The molecule has 3 aliphatic carbocycles. The Labute approximate surface area is 209 Å². The zero-order chi connectivity index (χ0) is 24.2. The van der Waals surface area contributed by atoms with Crippen molar-refractivity contribution in [2.45, 2.75) is 81.6 Å². The largest absolute Gasteiger partial charge is 0.388 e. The lowest BCUT2D eigenvalue weighted by Gasteiger charge is -2.56. The van der Waals surface area contributed by atoms with E-state index >= 15 is 0 Å². The quantitative estimate of drug-likeness (QED) is 0.618. The predicted molar refractivity (Wildman–Crippen MR) is 139 cm³/mol. The van der Waals surface area contributed by atoms with Crippen LogP contribution in [0.15, 0.2) is 60.0 Å². The number of allylic oxidation sites excluding steroid dienone is 1. The first kappa shape index (κ1) is 22.2. The maximum absolute atomic E-state index is 11.4. The maximum atomic E-state index is 11.4. The average Bonchev–Trinajstić information content (AvgIpc) is 3.37. The minimum atomic E-state index is -0.427. The lowest BCUT2D eigenvalue weighted by Crippen LogP contribution is -2.59. The molecule has 2 spiro atoms. The van der Waals surface area contributed by atoms with Crippen LogP contribution in [0.4, 0.5) is 0 Å². The van der Waals surface area contributed by atoms with Gasteiger partial charge in [0.2, 0.25) is 0 Å². The zero-order valence-electron chi connectivity index (χ0n) is 21.5. The molecule has 3 fully saturated rings. The minimum absolute atomic E-state index is 0.178. The minimum Gasteiger partial charge on any atom is -0.388 e. The van der Waals surface area contributed by atoms with Crippen molar-refractivity contribution in [2.24, 2.45) is 17.3 Å². The first-order valence-electron chi connectivity index (χ1n) is 13.6. The van der Waals surface area contributed by atoms with E-state index < -0.39 is 6.10 Å². The fourth-order valence-corrected chi connectivity index (χ4v) is 9.11. The van der Waals surface area contributed by atoms with Gasteiger partial charge in [-0.3, -0.25) is 4.98 Å². The van der Waals surface area contributed by atoms with E-state index in [1.54, 1.807) is 0 Å². The van der Waals surface area contributed by atoms with Crippen LogP contribution in [0.1, 0.15) is 63.9 Å². The van der Waals surface area contributed by atoms with Crippen LogP contribution in [0.5, 0.6) is 0 Å². The van der Waals surface area contributed by atoms with Gasteiger partial charge in [0, 0.05) is 29.7 Å². The number of benzene rings is 1. The summed E-state index contributed by atoms with van der Waals surface area (Å²) in [5, 5.41) is 13.9. The van der Waals surface area contributed by atoms with Crippen molar-refractivity contribution in [3.05, 3.63) is 65.5 Å². The molecule has 2 unspecified atom stereocenters. The first-order chi connectivity index (χ1) is 16.8. The number of rotatable bonds is 2. The van der Waals surface area contributed by atoms with Crippen LogP contribution in [-0.2, 0) is 4.74 Å². The van der Waals surface area contributed by atoms with Crippen molar-refractivity contribution in [1.29, 1.82) is 0 Å². The summed E-state index contributed by atoms with van der Waals surface area (Å²) in [7, 11) is 4.30. The van der Waals surface area contributed by atoms with Gasteiger partial charge in [0.15, 0.2) is 0 Å². The molecule has 2 bridgehead atoms. The maximum Gasteiger partial charge on any atom is 0.0975 e. The van der Waals surface area contributed by atoms with E-state index in [9.17, 15) is 5.11 Å². The Bertz CT molecular complexity index is 1270. The Balaban J connectivity index is 1.29. The molecule has 1 saturated heterocycles. The van der Waals surface area contributed by atoms with E-state index in [0.717, 1.165) is 31.3 Å². The summed E-state index contributed by atoms with van der Waals surface area (Å²) in [5.74, 6) is 1.25.